The Balaban J connectivity index is 2.06. The molecule has 2 aromatic carbocycles. The SMILES string of the molecule is CC(C)(C)[Si](OC[C@@]1(C)CCC(O)O1)(c1ccccc1)c1ccccc1. The molecule has 2 aromatic rings. The Bertz CT molecular complexity index is 672. The van der Waals surface area contributed by atoms with Crippen molar-refractivity contribution in [1.29, 1.82) is 0 Å². The van der Waals surface area contributed by atoms with Crippen LogP contribution in [0.4, 0.5) is 0 Å². The van der Waals surface area contributed by atoms with E-state index in [1.54, 1.807) is 0 Å². The van der Waals surface area contributed by atoms with E-state index in [1.165, 1.54) is 10.4 Å². The highest BCUT2D eigenvalue weighted by atomic mass is 28.4. The van der Waals surface area contributed by atoms with Gasteiger partial charge in [0.05, 0.1) is 12.2 Å². The van der Waals surface area contributed by atoms with Gasteiger partial charge in [-0.1, -0.05) is 81.4 Å². The number of aliphatic hydroxyl groups excluding tert-OH is 1. The first kappa shape index (κ1) is 19.3. The molecule has 1 heterocycles. The van der Waals surface area contributed by atoms with Crippen molar-refractivity contribution in [3.63, 3.8) is 0 Å². The highest BCUT2D eigenvalue weighted by Crippen LogP contribution is 2.38. The maximum Gasteiger partial charge on any atom is 0.261 e. The van der Waals surface area contributed by atoms with E-state index in [2.05, 4.69) is 69.3 Å². The van der Waals surface area contributed by atoms with Crippen LogP contribution >= 0.6 is 0 Å². The van der Waals surface area contributed by atoms with Crippen molar-refractivity contribution in [2.75, 3.05) is 6.61 Å². The Morgan fingerprint density at radius 3 is 1.92 bits per heavy atom. The average molecular weight is 371 g/mol. The molecule has 1 fully saturated rings. The first-order chi connectivity index (χ1) is 12.3. The van der Waals surface area contributed by atoms with Crippen LogP contribution in [-0.2, 0) is 9.16 Å². The van der Waals surface area contributed by atoms with E-state index < -0.39 is 20.2 Å². The molecule has 0 radical (unpaired) electrons. The van der Waals surface area contributed by atoms with Crippen LogP contribution in [-0.4, -0.2) is 31.9 Å². The van der Waals surface area contributed by atoms with Gasteiger partial charge in [-0.2, -0.15) is 0 Å². The molecule has 3 rings (SSSR count). The van der Waals surface area contributed by atoms with E-state index in [1.807, 2.05) is 19.1 Å². The highest BCUT2D eigenvalue weighted by molar-refractivity contribution is 6.99. The fourth-order valence-corrected chi connectivity index (χ4v) is 8.68. The van der Waals surface area contributed by atoms with Gasteiger partial charge in [0.15, 0.2) is 6.29 Å². The molecule has 140 valence electrons. The van der Waals surface area contributed by atoms with Gasteiger partial charge in [0.2, 0.25) is 0 Å². The topological polar surface area (TPSA) is 38.7 Å². The lowest BCUT2D eigenvalue weighted by atomic mass is 10.1. The third-order valence-corrected chi connectivity index (χ3v) is 10.3. The molecule has 1 aliphatic heterocycles. The van der Waals surface area contributed by atoms with E-state index in [9.17, 15) is 5.11 Å². The number of hydrogen-bond donors (Lipinski definition) is 1. The molecule has 3 nitrogen and oxygen atoms in total. The molecule has 4 heteroatoms. The summed E-state index contributed by atoms with van der Waals surface area (Å²) in [7, 11) is -2.55. The zero-order chi connectivity index (χ0) is 18.8. The summed E-state index contributed by atoms with van der Waals surface area (Å²) < 4.78 is 12.7. The predicted molar refractivity (Wildman–Crippen MR) is 108 cm³/mol. The van der Waals surface area contributed by atoms with Crippen LogP contribution in [0.15, 0.2) is 60.7 Å². The van der Waals surface area contributed by atoms with Gasteiger partial charge in [0, 0.05) is 6.42 Å². The summed E-state index contributed by atoms with van der Waals surface area (Å²) in [5, 5.41) is 12.3. The van der Waals surface area contributed by atoms with Crippen molar-refractivity contribution in [2.45, 2.75) is 57.5 Å². The summed E-state index contributed by atoms with van der Waals surface area (Å²) in [6, 6.07) is 21.2. The van der Waals surface area contributed by atoms with Crippen LogP contribution in [0.3, 0.4) is 0 Å². The minimum absolute atomic E-state index is 0.0523. The lowest BCUT2D eigenvalue weighted by Gasteiger charge is -2.44. The number of hydrogen-bond acceptors (Lipinski definition) is 3. The van der Waals surface area contributed by atoms with Gasteiger partial charge in [0.1, 0.15) is 0 Å². The van der Waals surface area contributed by atoms with Crippen LogP contribution < -0.4 is 10.4 Å². The van der Waals surface area contributed by atoms with Gasteiger partial charge in [0.25, 0.3) is 8.32 Å². The second kappa shape index (κ2) is 7.28. The van der Waals surface area contributed by atoms with E-state index in [0.717, 1.165) is 6.42 Å². The van der Waals surface area contributed by atoms with E-state index in [-0.39, 0.29) is 5.04 Å². The first-order valence-corrected chi connectivity index (χ1v) is 11.3. The summed E-state index contributed by atoms with van der Waals surface area (Å²) in [6.07, 6.45) is 0.801. The smallest absolute Gasteiger partial charge is 0.261 e. The molecule has 0 bridgehead atoms. The standard InChI is InChI=1S/C22H30O3Si/c1-21(2,3)26(18-11-7-5-8-12-18,19-13-9-6-10-14-19)24-17-22(4)16-15-20(23)25-22/h5-14,20,23H,15-17H2,1-4H3/t20?,22-/m1/s1. The molecule has 0 saturated carbocycles. The Hall–Kier alpha value is -1.46. The molecule has 0 aliphatic carbocycles. The molecule has 2 atom stereocenters. The number of ether oxygens (including phenoxy) is 1. The predicted octanol–water partition coefficient (Wildman–Crippen LogP) is 3.45. The first-order valence-electron chi connectivity index (χ1n) is 9.38. The fourth-order valence-electron chi connectivity index (χ4n) is 4.00. The Morgan fingerprint density at radius 2 is 1.54 bits per heavy atom. The molecule has 0 spiro atoms. The normalized spacial score (nSPS) is 24.0. The Labute approximate surface area is 158 Å². The van der Waals surface area contributed by atoms with Gasteiger partial charge in [-0.3, -0.25) is 0 Å². The number of benzene rings is 2. The zero-order valence-electron chi connectivity index (χ0n) is 16.2. The molecule has 1 saturated heterocycles. The van der Waals surface area contributed by atoms with Gasteiger partial charge < -0.3 is 14.3 Å². The van der Waals surface area contributed by atoms with Crippen molar-refractivity contribution in [1.82, 2.24) is 0 Å². The molecule has 0 amide bonds. The Morgan fingerprint density at radius 1 is 1.04 bits per heavy atom. The number of rotatable bonds is 5. The second-order valence-electron chi connectivity index (χ2n) is 8.51. The summed E-state index contributed by atoms with van der Waals surface area (Å²) in [4.78, 5) is 0. The van der Waals surface area contributed by atoms with Crippen molar-refractivity contribution in [3.8, 4) is 0 Å². The lowest BCUT2D eigenvalue weighted by Crippen LogP contribution is -2.67. The minimum atomic E-state index is -2.55. The van der Waals surface area contributed by atoms with E-state index >= 15 is 0 Å². The summed E-state index contributed by atoms with van der Waals surface area (Å²) in [5.41, 5.74) is -0.438. The highest BCUT2D eigenvalue weighted by Gasteiger charge is 2.51. The third-order valence-electron chi connectivity index (χ3n) is 5.35. The van der Waals surface area contributed by atoms with Crippen LogP contribution in [0, 0.1) is 0 Å². The maximum absolute atomic E-state index is 9.82. The molecular weight excluding hydrogens is 340 g/mol. The van der Waals surface area contributed by atoms with Crippen molar-refractivity contribution in [3.05, 3.63) is 60.7 Å². The van der Waals surface area contributed by atoms with Crippen molar-refractivity contribution in [2.24, 2.45) is 0 Å². The van der Waals surface area contributed by atoms with Gasteiger partial charge in [-0.15, -0.1) is 0 Å². The van der Waals surface area contributed by atoms with E-state index in [0.29, 0.717) is 13.0 Å². The average Bonchev–Trinajstić information content (AvgIpc) is 2.95. The van der Waals surface area contributed by atoms with Crippen LogP contribution in [0.25, 0.3) is 0 Å². The molecular formula is C22H30O3Si. The van der Waals surface area contributed by atoms with Crippen molar-refractivity contribution < 1.29 is 14.3 Å². The molecule has 0 aromatic heterocycles. The van der Waals surface area contributed by atoms with Crippen LogP contribution in [0.1, 0.15) is 40.5 Å². The van der Waals surface area contributed by atoms with Crippen LogP contribution in [0.2, 0.25) is 5.04 Å². The summed E-state index contributed by atoms with van der Waals surface area (Å²) in [6.45, 7) is 9.34. The lowest BCUT2D eigenvalue weighted by molar-refractivity contribution is -0.142. The number of aliphatic hydroxyl groups is 1. The minimum Gasteiger partial charge on any atom is -0.404 e. The van der Waals surface area contributed by atoms with Gasteiger partial charge >= 0.3 is 0 Å². The fraction of sp³-hybridized carbons (Fsp3) is 0.455. The largest absolute Gasteiger partial charge is 0.404 e. The maximum atomic E-state index is 9.82. The van der Waals surface area contributed by atoms with E-state index in [4.69, 9.17) is 9.16 Å². The zero-order valence-corrected chi connectivity index (χ0v) is 17.2. The second-order valence-corrected chi connectivity index (χ2v) is 12.8. The van der Waals surface area contributed by atoms with Gasteiger partial charge in [-0.05, 0) is 28.8 Å². The van der Waals surface area contributed by atoms with Crippen molar-refractivity contribution >= 4 is 18.7 Å². The molecule has 1 unspecified atom stereocenters. The van der Waals surface area contributed by atoms with Gasteiger partial charge in [-0.25, -0.2) is 0 Å². The third kappa shape index (κ3) is 3.65. The quantitative estimate of drug-likeness (QED) is 0.820. The van der Waals surface area contributed by atoms with Crippen LogP contribution in [0.5, 0.6) is 0 Å². The summed E-state index contributed by atoms with van der Waals surface area (Å²) in [5.74, 6) is 0. The molecule has 1 aliphatic rings. The summed E-state index contributed by atoms with van der Waals surface area (Å²) >= 11 is 0. The molecule has 26 heavy (non-hydrogen) atoms. The monoisotopic (exact) mass is 370 g/mol. The Kier molecular flexibility index (Phi) is 5.40. The molecule has 1 N–H and O–H groups in total.